The second kappa shape index (κ2) is 7.09. The number of primary amides is 1. The van der Waals surface area contributed by atoms with Gasteiger partial charge in [-0.1, -0.05) is 0 Å². The summed E-state index contributed by atoms with van der Waals surface area (Å²) in [7, 11) is 1.62. The molecule has 1 aromatic rings. The molecule has 9 nitrogen and oxygen atoms in total. The fourth-order valence-corrected chi connectivity index (χ4v) is 1.39. The van der Waals surface area contributed by atoms with Crippen molar-refractivity contribution in [2.75, 3.05) is 24.2 Å². The number of aromatic nitrogens is 2. The molecule has 104 valence electrons. The summed E-state index contributed by atoms with van der Waals surface area (Å²) < 4.78 is 0. The average molecular weight is 268 g/mol. The van der Waals surface area contributed by atoms with Gasteiger partial charge in [-0.3, -0.25) is 14.9 Å². The van der Waals surface area contributed by atoms with E-state index in [4.69, 9.17) is 5.73 Å². The number of hydrogen-bond acceptors (Lipinski definition) is 7. The predicted molar refractivity (Wildman–Crippen MR) is 69.8 cm³/mol. The Morgan fingerprint density at radius 3 is 2.84 bits per heavy atom. The third-order valence-electron chi connectivity index (χ3n) is 2.33. The molecule has 9 heteroatoms. The van der Waals surface area contributed by atoms with E-state index in [1.165, 1.54) is 0 Å². The number of anilines is 2. The first-order chi connectivity index (χ1) is 9.04. The molecule has 1 heterocycles. The van der Waals surface area contributed by atoms with Crippen LogP contribution in [0.5, 0.6) is 0 Å². The highest BCUT2D eigenvalue weighted by Gasteiger charge is 2.16. The molecule has 0 aromatic carbocycles. The average Bonchev–Trinajstić information content (AvgIpc) is 2.37. The number of carbonyl (C=O) groups excluding carboxylic acids is 1. The predicted octanol–water partition coefficient (Wildman–Crippen LogP) is 0.494. The smallest absolute Gasteiger partial charge is 0.329 e. The van der Waals surface area contributed by atoms with Gasteiger partial charge < -0.3 is 16.4 Å². The molecular formula is C10H16N6O3. The highest BCUT2D eigenvalue weighted by Crippen LogP contribution is 2.21. The maximum atomic E-state index is 10.8. The zero-order chi connectivity index (χ0) is 14.3. The Hall–Kier alpha value is -2.45. The molecule has 0 aliphatic heterocycles. The van der Waals surface area contributed by atoms with E-state index in [0.717, 1.165) is 6.20 Å². The van der Waals surface area contributed by atoms with Crippen LogP contribution >= 0.6 is 0 Å². The number of amides is 1. The number of carbonyl (C=O) groups is 1. The summed E-state index contributed by atoms with van der Waals surface area (Å²) in [5.74, 6) is 0.0964. The first-order valence-electron chi connectivity index (χ1n) is 5.76. The Balaban J connectivity index is 2.59. The second-order valence-electron chi connectivity index (χ2n) is 3.78. The lowest BCUT2D eigenvalue weighted by molar-refractivity contribution is -0.384. The fourth-order valence-electron chi connectivity index (χ4n) is 1.39. The van der Waals surface area contributed by atoms with Crippen LogP contribution in [-0.4, -0.2) is 34.4 Å². The van der Waals surface area contributed by atoms with E-state index in [2.05, 4.69) is 20.6 Å². The minimum Gasteiger partial charge on any atom is -0.370 e. The van der Waals surface area contributed by atoms with Crippen molar-refractivity contribution >= 4 is 23.4 Å². The summed E-state index contributed by atoms with van der Waals surface area (Å²) in [6.07, 6.45) is 2.74. The third kappa shape index (κ3) is 4.74. The van der Waals surface area contributed by atoms with E-state index in [9.17, 15) is 14.9 Å². The van der Waals surface area contributed by atoms with Gasteiger partial charge in [0.25, 0.3) is 0 Å². The Kier molecular flexibility index (Phi) is 5.45. The second-order valence-corrected chi connectivity index (χ2v) is 3.78. The molecule has 1 amide bonds. The van der Waals surface area contributed by atoms with E-state index in [1.807, 2.05) is 0 Å². The van der Waals surface area contributed by atoms with Crippen molar-refractivity contribution in [3.63, 3.8) is 0 Å². The SMILES string of the molecule is CNc1ncc([N+](=O)[O-])c(NCCCCC(N)=O)n1. The highest BCUT2D eigenvalue weighted by molar-refractivity contribution is 5.73. The molecule has 0 radical (unpaired) electrons. The van der Waals surface area contributed by atoms with Crippen molar-refractivity contribution in [2.24, 2.45) is 5.73 Å². The monoisotopic (exact) mass is 268 g/mol. The Labute approximate surface area is 109 Å². The summed E-state index contributed by atoms with van der Waals surface area (Å²) >= 11 is 0. The van der Waals surface area contributed by atoms with Crippen molar-refractivity contribution < 1.29 is 9.72 Å². The van der Waals surface area contributed by atoms with Gasteiger partial charge in [0, 0.05) is 20.0 Å². The topological polar surface area (TPSA) is 136 Å². The molecule has 0 unspecified atom stereocenters. The molecule has 4 N–H and O–H groups in total. The van der Waals surface area contributed by atoms with Crippen molar-refractivity contribution in [1.29, 1.82) is 0 Å². The van der Waals surface area contributed by atoms with E-state index >= 15 is 0 Å². The zero-order valence-corrected chi connectivity index (χ0v) is 10.5. The fraction of sp³-hybridized carbons (Fsp3) is 0.500. The minimum atomic E-state index is -0.550. The third-order valence-corrected chi connectivity index (χ3v) is 2.33. The quantitative estimate of drug-likeness (QED) is 0.354. The van der Waals surface area contributed by atoms with Crippen LogP contribution in [0.3, 0.4) is 0 Å². The van der Waals surface area contributed by atoms with Gasteiger partial charge in [-0.2, -0.15) is 4.98 Å². The van der Waals surface area contributed by atoms with Crippen LogP contribution in [0.15, 0.2) is 6.20 Å². The molecule has 0 aliphatic carbocycles. The number of nitrogens with zero attached hydrogens (tertiary/aromatic N) is 3. The van der Waals surface area contributed by atoms with Gasteiger partial charge in [0.2, 0.25) is 17.7 Å². The van der Waals surface area contributed by atoms with Gasteiger partial charge >= 0.3 is 5.69 Å². The molecule has 0 saturated carbocycles. The lowest BCUT2D eigenvalue weighted by atomic mass is 10.2. The van der Waals surface area contributed by atoms with E-state index in [1.54, 1.807) is 7.05 Å². The zero-order valence-electron chi connectivity index (χ0n) is 10.5. The van der Waals surface area contributed by atoms with E-state index in [-0.39, 0.29) is 17.4 Å². The van der Waals surface area contributed by atoms with Crippen LogP contribution < -0.4 is 16.4 Å². The van der Waals surface area contributed by atoms with Gasteiger partial charge in [-0.05, 0) is 12.8 Å². The molecule has 0 atom stereocenters. The van der Waals surface area contributed by atoms with Crippen molar-refractivity contribution in [3.05, 3.63) is 16.3 Å². The maximum absolute atomic E-state index is 10.8. The molecule has 0 bridgehead atoms. The highest BCUT2D eigenvalue weighted by atomic mass is 16.6. The maximum Gasteiger partial charge on any atom is 0.329 e. The Morgan fingerprint density at radius 1 is 1.53 bits per heavy atom. The lowest BCUT2D eigenvalue weighted by Crippen LogP contribution is -2.12. The van der Waals surface area contributed by atoms with E-state index < -0.39 is 4.92 Å². The molecule has 1 rings (SSSR count). The standard InChI is InChI=1S/C10H16N6O3/c1-12-10-14-6-7(16(18)19)9(15-10)13-5-3-2-4-8(11)17/h6H,2-5H2,1H3,(H2,11,17)(H2,12,13,14,15). The van der Waals surface area contributed by atoms with Gasteiger partial charge in [0.1, 0.15) is 6.20 Å². The summed E-state index contributed by atoms with van der Waals surface area (Å²) in [4.78, 5) is 28.6. The molecule has 0 spiro atoms. The Bertz CT molecular complexity index is 465. The van der Waals surface area contributed by atoms with Crippen LogP contribution in [0.25, 0.3) is 0 Å². The molecule has 1 aromatic heterocycles. The molecule has 0 fully saturated rings. The van der Waals surface area contributed by atoms with Crippen LogP contribution in [0.2, 0.25) is 0 Å². The van der Waals surface area contributed by atoms with Crippen LogP contribution in [0.4, 0.5) is 17.5 Å². The van der Waals surface area contributed by atoms with Crippen LogP contribution in [0, 0.1) is 10.1 Å². The van der Waals surface area contributed by atoms with Crippen molar-refractivity contribution in [2.45, 2.75) is 19.3 Å². The summed E-state index contributed by atoms with van der Waals surface area (Å²) in [6, 6.07) is 0. The molecular weight excluding hydrogens is 252 g/mol. The van der Waals surface area contributed by atoms with Crippen molar-refractivity contribution in [3.8, 4) is 0 Å². The van der Waals surface area contributed by atoms with E-state index in [0.29, 0.717) is 31.8 Å². The molecule has 19 heavy (non-hydrogen) atoms. The normalized spacial score (nSPS) is 9.95. The first kappa shape index (κ1) is 14.6. The van der Waals surface area contributed by atoms with Gasteiger partial charge in [-0.25, -0.2) is 4.98 Å². The first-order valence-corrected chi connectivity index (χ1v) is 5.76. The van der Waals surface area contributed by atoms with Crippen molar-refractivity contribution in [1.82, 2.24) is 9.97 Å². The Morgan fingerprint density at radius 2 is 2.26 bits per heavy atom. The summed E-state index contributed by atoms with van der Waals surface area (Å²) in [5.41, 5.74) is 4.82. The number of rotatable bonds is 8. The van der Waals surface area contributed by atoms with Gasteiger partial charge in [0.15, 0.2) is 0 Å². The largest absolute Gasteiger partial charge is 0.370 e. The van der Waals surface area contributed by atoms with Gasteiger partial charge in [0.05, 0.1) is 4.92 Å². The number of hydrogen-bond donors (Lipinski definition) is 3. The van der Waals surface area contributed by atoms with Crippen LogP contribution in [0.1, 0.15) is 19.3 Å². The molecule has 0 aliphatic rings. The summed E-state index contributed by atoms with van der Waals surface area (Å²) in [6.45, 7) is 0.467. The lowest BCUT2D eigenvalue weighted by Gasteiger charge is -2.07. The number of nitro groups is 1. The number of nitrogens with two attached hydrogens (primary N) is 1. The minimum absolute atomic E-state index is 0.156. The van der Waals surface area contributed by atoms with Gasteiger partial charge in [-0.15, -0.1) is 0 Å². The number of unbranched alkanes of at least 4 members (excludes halogenated alkanes) is 1. The molecule has 0 saturated heterocycles. The summed E-state index contributed by atoms with van der Waals surface area (Å²) in [5, 5.41) is 16.4. The van der Waals surface area contributed by atoms with Crippen LogP contribution in [-0.2, 0) is 4.79 Å². The number of nitrogens with one attached hydrogen (secondary N) is 2.